The van der Waals surface area contributed by atoms with E-state index in [-0.39, 0.29) is 12.5 Å². The van der Waals surface area contributed by atoms with Gasteiger partial charge in [0.2, 0.25) is 5.91 Å². The van der Waals surface area contributed by atoms with Crippen molar-refractivity contribution >= 4 is 5.91 Å². The number of carbonyl (C=O) groups is 1. The van der Waals surface area contributed by atoms with Crippen LogP contribution in [-0.2, 0) is 4.79 Å². The zero-order valence-corrected chi connectivity index (χ0v) is 26.1. The Labute approximate surface area is 247 Å². The van der Waals surface area contributed by atoms with Crippen molar-refractivity contribution in [2.45, 2.75) is 154 Å². The summed E-state index contributed by atoms with van der Waals surface area (Å²) in [7, 11) is 0. The van der Waals surface area contributed by atoms with E-state index in [1.807, 2.05) is 6.08 Å². The number of nitrogens with one attached hydrogen (secondary N) is 1. The SMILES string of the molecule is CC/C=C\C/C=C\C/C=C\C/C=C\CCCCC(=O)NC(CO)C(O)/C=C/CCCCCCCCCCCCC. The summed E-state index contributed by atoms with van der Waals surface area (Å²) in [5.41, 5.74) is 0. The Balaban J connectivity index is 3.78. The number of amides is 1. The monoisotopic (exact) mass is 557 g/mol. The van der Waals surface area contributed by atoms with Crippen LogP contribution in [0.25, 0.3) is 0 Å². The fraction of sp³-hybridized carbons (Fsp3) is 0.694. The second kappa shape index (κ2) is 31.6. The van der Waals surface area contributed by atoms with E-state index in [1.165, 1.54) is 64.2 Å². The summed E-state index contributed by atoms with van der Waals surface area (Å²) in [4.78, 5) is 12.2. The largest absolute Gasteiger partial charge is 0.394 e. The Kier molecular flexibility index (Phi) is 30.1. The fourth-order valence-electron chi connectivity index (χ4n) is 4.46. The van der Waals surface area contributed by atoms with Crippen LogP contribution in [0.2, 0.25) is 0 Å². The highest BCUT2D eigenvalue weighted by Crippen LogP contribution is 2.12. The number of rotatable bonds is 28. The Bertz CT molecular complexity index is 692. The van der Waals surface area contributed by atoms with E-state index < -0.39 is 12.1 Å². The molecule has 4 nitrogen and oxygen atoms in total. The first-order valence-electron chi connectivity index (χ1n) is 16.5. The van der Waals surface area contributed by atoms with Gasteiger partial charge in [0.05, 0.1) is 18.8 Å². The van der Waals surface area contributed by atoms with Crippen LogP contribution in [0, 0.1) is 0 Å². The zero-order valence-electron chi connectivity index (χ0n) is 26.1. The molecule has 0 aromatic carbocycles. The van der Waals surface area contributed by atoms with Crippen molar-refractivity contribution in [2.24, 2.45) is 0 Å². The molecule has 0 saturated carbocycles. The quantitative estimate of drug-likeness (QED) is 0.0663. The van der Waals surface area contributed by atoms with E-state index in [9.17, 15) is 15.0 Å². The molecule has 0 bridgehead atoms. The van der Waals surface area contributed by atoms with E-state index in [4.69, 9.17) is 0 Å². The molecule has 0 radical (unpaired) electrons. The van der Waals surface area contributed by atoms with Gasteiger partial charge in [0, 0.05) is 6.42 Å². The molecule has 0 aromatic rings. The maximum atomic E-state index is 12.2. The van der Waals surface area contributed by atoms with Crippen LogP contribution in [0.5, 0.6) is 0 Å². The van der Waals surface area contributed by atoms with E-state index in [1.54, 1.807) is 6.08 Å². The molecular formula is C36H63NO3. The molecule has 3 N–H and O–H groups in total. The highest BCUT2D eigenvalue weighted by atomic mass is 16.3. The number of aliphatic hydroxyl groups is 2. The predicted octanol–water partition coefficient (Wildman–Crippen LogP) is 9.45. The zero-order chi connectivity index (χ0) is 29.4. The molecule has 0 rings (SSSR count). The minimum absolute atomic E-state index is 0.109. The van der Waals surface area contributed by atoms with Crippen molar-refractivity contribution in [1.82, 2.24) is 5.32 Å². The van der Waals surface area contributed by atoms with Gasteiger partial charge in [0.1, 0.15) is 0 Å². The van der Waals surface area contributed by atoms with Crippen LogP contribution in [0.3, 0.4) is 0 Å². The average Bonchev–Trinajstić information content (AvgIpc) is 2.96. The predicted molar refractivity (Wildman–Crippen MR) is 174 cm³/mol. The van der Waals surface area contributed by atoms with Crippen molar-refractivity contribution in [1.29, 1.82) is 0 Å². The summed E-state index contributed by atoms with van der Waals surface area (Å²) in [6, 6.07) is -0.643. The number of unbranched alkanes of at least 4 members (excludes halogenated alkanes) is 13. The summed E-state index contributed by atoms with van der Waals surface area (Å²) >= 11 is 0. The van der Waals surface area contributed by atoms with Crippen LogP contribution in [0.1, 0.15) is 142 Å². The van der Waals surface area contributed by atoms with Crippen LogP contribution in [0.15, 0.2) is 60.8 Å². The van der Waals surface area contributed by atoms with Gasteiger partial charge >= 0.3 is 0 Å². The maximum Gasteiger partial charge on any atom is 0.220 e. The maximum absolute atomic E-state index is 12.2. The molecule has 0 aliphatic heterocycles. The van der Waals surface area contributed by atoms with Gasteiger partial charge < -0.3 is 15.5 Å². The average molecular weight is 558 g/mol. The Morgan fingerprint density at radius 3 is 1.65 bits per heavy atom. The minimum Gasteiger partial charge on any atom is -0.394 e. The van der Waals surface area contributed by atoms with E-state index in [0.29, 0.717) is 6.42 Å². The lowest BCUT2D eigenvalue weighted by molar-refractivity contribution is -0.123. The van der Waals surface area contributed by atoms with Crippen molar-refractivity contribution in [3.05, 3.63) is 60.8 Å². The van der Waals surface area contributed by atoms with Gasteiger partial charge in [-0.2, -0.15) is 0 Å². The molecule has 0 heterocycles. The second-order valence-electron chi connectivity index (χ2n) is 10.8. The van der Waals surface area contributed by atoms with Crippen molar-refractivity contribution in [3.63, 3.8) is 0 Å². The lowest BCUT2D eigenvalue weighted by Gasteiger charge is -2.19. The van der Waals surface area contributed by atoms with Crippen LogP contribution in [-0.4, -0.2) is 34.9 Å². The molecule has 0 aliphatic rings. The van der Waals surface area contributed by atoms with Gasteiger partial charge in [-0.3, -0.25) is 4.79 Å². The molecule has 40 heavy (non-hydrogen) atoms. The summed E-state index contributed by atoms with van der Waals surface area (Å²) in [5, 5.41) is 22.8. The molecule has 230 valence electrons. The smallest absolute Gasteiger partial charge is 0.220 e. The Morgan fingerprint density at radius 1 is 0.625 bits per heavy atom. The molecule has 2 unspecified atom stereocenters. The number of aliphatic hydroxyl groups excluding tert-OH is 2. The number of hydrogen-bond donors (Lipinski definition) is 3. The Morgan fingerprint density at radius 2 is 1.10 bits per heavy atom. The fourth-order valence-corrected chi connectivity index (χ4v) is 4.46. The topological polar surface area (TPSA) is 69.6 Å². The van der Waals surface area contributed by atoms with E-state index in [2.05, 4.69) is 67.8 Å². The van der Waals surface area contributed by atoms with Gasteiger partial charge in [-0.1, -0.05) is 139 Å². The van der Waals surface area contributed by atoms with Gasteiger partial charge in [-0.05, 0) is 57.8 Å². The Hall–Kier alpha value is -1.91. The van der Waals surface area contributed by atoms with Gasteiger partial charge in [-0.25, -0.2) is 0 Å². The molecule has 1 amide bonds. The normalized spacial score (nSPS) is 14.0. The van der Waals surface area contributed by atoms with E-state index >= 15 is 0 Å². The number of allylic oxidation sites excluding steroid dienone is 9. The first kappa shape index (κ1) is 38.1. The number of carbonyl (C=O) groups excluding carboxylic acids is 1. The standard InChI is InChI=1S/C36H63NO3/c1-3-5-7-9-11-13-15-17-18-20-22-24-26-28-30-32-36(40)37-34(33-38)35(39)31-29-27-25-23-21-19-16-14-12-10-8-6-4-2/h5,7,11,13,17-18,22,24,29,31,34-35,38-39H,3-4,6,8-10,12,14-16,19-21,23,25-28,30,32-33H2,1-2H3,(H,37,40)/b7-5-,13-11-,18-17-,24-22-,31-29+. The van der Waals surface area contributed by atoms with Crippen LogP contribution < -0.4 is 5.32 Å². The van der Waals surface area contributed by atoms with Crippen molar-refractivity contribution in [3.8, 4) is 0 Å². The molecule has 0 aliphatic carbocycles. The lowest BCUT2D eigenvalue weighted by Crippen LogP contribution is -2.45. The van der Waals surface area contributed by atoms with Gasteiger partial charge in [0.25, 0.3) is 0 Å². The molecule has 0 fully saturated rings. The third-order valence-corrected chi connectivity index (χ3v) is 7.01. The molecule has 4 heteroatoms. The van der Waals surface area contributed by atoms with Gasteiger partial charge in [-0.15, -0.1) is 0 Å². The first-order chi connectivity index (χ1) is 19.7. The summed E-state index contributed by atoms with van der Waals surface area (Å²) < 4.78 is 0. The summed E-state index contributed by atoms with van der Waals surface area (Å²) in [5.74, 6) is -0.109. The molecule has 0 spiro atoms. The van der Waals surface area contributed by atoms with Crippen LogP contribution in [0.4, 0.5) is 0 Å². The van der Waals surface area contributed by atoms with Crippen molar-refractivity contribution in [2.75, 3.05) is 6.61 Å². The minimum atomic E-state index is -0.856. The highest BCUT2D eigenvalue weighted by Gasteiger charge is 2.17. The highest BCUT2D eigenvalue weighted by molar-refractivity contribution is 5.76. The molecule has 0 saturated heterocycles. The van der Waals surface area contributed by atoms with Crippen molar-refractivity contribution < 1.29 is 15.0 Å². The first-order valence-corrected chi connectivity index (χ1v) is 16.5. The van der Waals surface area contributed by atoms with Gasteiger partial charge in [0.15, 0.2) is 0 Å². The summed E-state index contributed by atoms with van der Waals surface area (Å²) in [6.07, 6.45) is 42.9. The van der Waals surface area contributed by atoms with E-state index in [0.717, 1.165) is 57.8 Å². The molecular weight excluding hydrogens is 494 g/mol. The third-order valence-electron chi connectivity index (χ3n) is 7.01. The van der Waals surface area contributed by atoms with Crippen LogP contribution >= 0.6 is 0 Å². The second-order valence-corrected chi connectivity index (χ2v) is 10.8. The lowest BCUT2D eigenvalue weighted by atomic mass is 10.0. The number of hydrogen-bond acceptors (Lipinski definition) is 3. The molecule has 0 aromatic heterocycles. The summed E-state index contributed by atoms with van der Waals surface area (Å²) in [6.45, 7) is 4.14. The third kappa shape index (κ3) is 27.6. The molecule has 2 atom stereocenters.